The highest BCUT2D eigenvalue weighted by molar-refractivity contribution is 9.10. The van der Waals surface area contributed by atoms with Gasteiger partial charge < -0.3 is 55.0 Å². The van der Waals surface area contributed by atoms with Crippen LogP contribution < -0.4 is 40.5 Å². The average molecular weight is 1850 g/mol. The number of nitrogens with two attached hydrogens (primary N) is 2. The molecule has 3 aliphatic carbocycles. The maximum Gasteiger partial charge on any atom is 0.417 e. The Balaban J connectivity index is 0.000000151. The fourth-order valence-corrected chi connectivity index (χ4v) is 19.2. The quantitative estimate of drug-likeness (QED) is 0.0213. The first-order valence-corrected chi connectivity index (χ1v) is 45.1. The minimum Gasteiger partial charge on any atom is -0.490 e. The Morgan fingerprint density at radius 3 is 1.37 bits per heavy atom. The van der Waals surface area contributed by atoms with Crippen molar-refractivity contribution in [2.75, 3.05) is 68.8 Å². The largest absolute Gasteiger partial charge is 0.490 e. The van der Waals surface area contributed by atoms with E-state index >= 15 is 0 Å². The molecular weight excluding hydrogens is 1760 g/mol. The Kier molecular flexibility index (Phi) is 26.5. The molecule has 668 valence electrons. The maximum atomic E-state index is 14.3. The lowest BCUT2D eigenvalue weighted by molar-refractivity contribution is -0.139. The number of ketones is 2. The molecule has 9 aromatic carbocycles. The number of sulfone groups is 1. The number of carbonyl (C=O) groups is 3. The molecule has 0 saturated carbocycles. The fourth-order valence-electron chi connectivity index (χ4n) is 17.2. The molecule has 6 N–H and O–H groups in total. The summed E-state index contributed by atoms with van der Waals surface area (Å²) in [5.74, 6) is 1.04. The first kappa shape index (κ1) is 90.2. The zero-order chi connectivity index (χ0) is 90.9. The van der Waals surface area contributed by atoms with Gasteiger partial charge in [0.2, 0.25) is 0 Å². The van der Waals surface area contributed by atoms with E-state index in [0.29, 0.717) is 123 Å². The van der Waals surface area contributed by atoms with Crippen LogP contribution in [0.3, 0.4) is 0 Å². The standard InChI is InChI=1S/C41H36F4N4O5S.C38H32F4N4O3.C18H23BBrNO4/c1-24-16-28(10-11-36(24)54-37-9-5-4-8-35(37)42)49-40(46)33(21-47-49)39(50)27-17-25-19-32(31-6-2-3-7-34(31)41(43,44)45)38(20-26(25)18-27)53-30-12-14-48(15-13-30)29-22-55(51,52)23-29;1-22-16-26(10-11-33(22)49-34-9-5-4-8-32(34)39)46-37(43)30(21-45-46)36(47)25-17-23-19-29(28-6-2-3-7-31(28)38(40,41)42)35(20-24(23)18-25)48-27-12-14-44-15-13-27;1-3-24-18(22)14-8-12-10-16(20)17(11-13(12)9-14)25-15-4-6-21(7-5-15)19(2)23/h2-11,16,18-21,29-30H,12-15,17,22-23,46H2,1H3;2-11,16,18-21,27,44H,12-15,17,43H2,1H3;9-11,15,23H,3-8H2,1-2H3. The summed E-state index contributed by atoms with van der Waals surface area (Å²) < 4.78 is 176. The second-order valence-electron chi connectivity index (χ2n) is 32.9. The van der Waals surface area contributed by atoms with Crippen molar-refractivity contribution < 1.29 is 91.4 Å². The zero-order valence-corrected chi connectivity index (χ0v) is 73.2. The molecule has 7 aliphatic rings. The molecule has 0 unspecified atom stereocenters. The predicted molar refractivity (Wildman–Crippen MR) is 480 cm³/mol. The molecule has 21 nitrogen and oxygen atoms in total. The molecule has 4 fully saturated rings. The Morgan fingerprint density at radius 1 is 0.519 bits per heavy atom. The highest BCUT2D eigenvalue weighted by Crippen LogP contribution is 2.48. The fraction of sp³-hybridized carbons (Fsp3) is 0.289. The van der Waals surface area contributed by atoms with Gasteiger partial charge in [0.15, 0.2) is 44.5 Å². The van der Waals surface area contributed by atoms with E-state index in [4.69, 9.17) is 39.9 Å². The van der Waals surface area contributed by atoms with Gasteiger partial charge in [-0.2, -0.15) is 36.5 Å². The smallest absolute Gasteiger partial charge is 0.417 e. The number of halogens is 9. The number of ether oxygens (including phenoxy) is 6. The van der Waals surface area contributed by atoms with Crippen LogP contribution >= 0.6 is 15.9 Å². The lowest BCUT2D eigenvalue weighted by atomic mass is 9.82. The number of benzene rings is 9. The van der Waals surface area contributed by atoms with Crippen molar-refractivity contribution in [3.05, 3.63) is 282 Å². The van der Waals surface area contributed by atoms with Crippen molar-refractivity contribution in [1.29, 1.82) is 0 Å². The number of anilines is 2. The zero-order valence-electron chi connectivity index (χ0n) is 70.8. The SMILES string of the molecule is CCOC(=O)C1=Cc2cc(OC3CCN(B(C)O)CC3)c(Br)cc2C1.Cc1cc(-n2ncc(C(=O)C3=Cc4cc(OC5CCN(C6CS(=O)(=O)C6)CC5)c(-c5ccccc5C(F)(F)F)cc4C3)c2N)ccc1Oc1ccccc1F.Cc1cc(-n2ncc(C(=O)C3=Cc4cc(OC5CCNCC5)c(-c5ccccc5C(F)(F)F)cc4C3)c2N)ccc1Oc1ccccc1F. The molecule has 2 aromatic heterocycles. The van der Waals surface area contributed by atoms with E-state index in [1.807, 2.05) is 29.9 Å². The number of fused-ring (bicyclic) bond motifs is 3. The number of carbonyl (C=O) groups excluding carboxylic acids is 3. The van der Waals surface area contributed by atoms with Crippen LogP contribution in [0.25, 0.3) is 51.9 Å². The summed E-state index contributed by atoms with van der Waals surface area (Å²) >= 11 is 3.58. The van der Waals surface area contributed by atoms with Crippen LogP contribution in [0, 0.1) is 25.5 Å². The van der Waals surface area contributed by atoms with Crippen LogP contribution in [0.5, 0.6) is 40.2 Å². The van der Waals surface area contributed by atoms with Crippen molar-refractivity contribution in [2.45, 2.75) is 122 Å². The molecule has 4 saturated heterocycles. The number of hydrogen-bond acceptors (Lipinski definition) is 19. The van der Waals surface area contributed by atoms with Crippen molar-refractivity contribution in [1.82, 2.24) is 34.6 Å². The molecule has 11 aromatic rings. The number of esters is 1. The number of nitrogens with one attached hydrogen (secondary N) is 1. The molecule has 6 heterocycles. The summed E-state index contributed by atoms with van der Waals surface area (Å²) in [6.07, 6.45) is 3.95. The lowest BCUT2D eigenvalue weighted by Crippen LogP contribution is -2.56. The predicted octanol–water partition coefficient (Wildman–Crippen LogP) is 19.1. The van der Waals surface area contributed by atoms with E-state index in [1.165, 1.54) is 70.3 Å². The molecule has 0 bridgehead atoms. The molecule has 4 aliphatic heterocycles. The van der Waals surface area contributed by atoms with Crippen LogP contribution in [0.15, 0.2) is 203 Å². The molecule has 0 radical (unpaired) electrons. The highest BCUT2D eigenvalue weighted by atomic mass is 79.9. The third kappa shape index (κ3) is 20.2. The first-order valence-electron chi connectivity index (χ1n) is 42.5. The van der Waals surface area contributed by atoms with Gasteiger partial charge in [-0.15, -0.1) is 0 Å². The van der Waals surface area contributed by atoms with Crippen LogP contribution in [-0.4, -0.2) is 149 Å². The summed E-state index contributed by atoms with van der Waals surface area (Å²) in [7, 11) is -3.38. The highest BCUT2D eigenvalue weighted by Gasteiger charge is 2.42. The van der Waals surface area contributed by atoms with Crippen LogP contribution in [0.2, 0.25) is 6.82 Å². The number of nitrogen functional groups attached to an aromatic ring is 2. The van der Waals surface area contributed by atoms with Crippen molar-refractivity contribution in [3.8, 4) is 73.9 Å². The van der Waals surface area contributed by atoms with Crippen LogP contribution in [0.4, 0.5) is 46.8 Å². The number of aryl methyl sites for hydroxylation is 2. The van der Waals surface area contributed by atoms with Crippen LogP contribution in [-0.2, 0) is 51.0 Å². The van der Waals surface area contributed by atoms with Crippen molar-refractivity contribution in [3.63, 3.8) is 0 Å². The molecular formula is C97H91BBrF8N9O12S. The molecule has 129 heavy (non-hydrogen) atoms. The molecule has 0 spiro atoms. The van der Waals surface area contributed by atoms with E-state index < -0.39 is 52.0 Å². The van der Waals surface area contributed by atoms with E-state index in [2.05, 4.69) is 36.3 Å². The lowest BCUT2D eigenvalue weighted by Gasteiger charge is -2.41. The van der Waals surface area contributed by atoms with Gasteiger partial charge in [0.1, 0.15) is 58.7 Å². The van der Waals surface area contributed by atoms with Crippen LogP contribution in [0.1, 0.15) is 122 Å². The monoisotopic (exact) mass is 1850 g/mol. The minimum absolute atomic E-state index is 0.0151. The molecule has 0 amide bonds. The third-order valence-electron chi connectivity index (χ3n) is 24.1. The minimum atomic E-state index is -4.62. The van der Waals surface area contributed by atoms with E-state index in [0.717, 1.165) is 85.3 Å². The normalized spacial score (nSPS) is 16.5. The number of likely N-dealkylation sites (tertiary alicyclic amines) is 1. The van der Waals surface area contributed by atoms with Gasteiger partial charge in [0.05, 0.1) is 68.6 Å². The van der Waals surface area contributed by atoms with Gasteiger partial charge in [0.25, 0.3) is 0 Å². The second kappa shape index (κ2) is 37.9. The average Bonchev–Trinajstić information content (AvgIpc) is 1.68. The number of Topliss-reactive ketones (excluding diaryl/α,β-unsaturated/α-hetero) is 2. The summed E-state index contributed by atoms with van der Waals surface area (Å²) in [6.45, 7) is 12.0. The van der Waals surface area contributed by atoms with Gasteiger partial charge in [0, 0.05) is 66.2 Å². The Labute approximate surface area is 748 Å². The summed E-state index contributed by atoms with van der Waals surface area (Å²) in [4.78, 5) is 43.9. The number of piperidine rings is 3. The third-order valence-corrected chi connectivity index (χ3v) is 26.5. The Bertz CT molecular complexity index is 6360. The first-order chi connectivity index (χ1) is 61.8. The second-order valence-corrected chi connectivity index (χ2v) is 35.9. The van der Waals surface area contributed by atoms with Crippen molar-refractivity contribution >= 4 is 80.2 Å². The van der Waals surface area contributed by atoms with Gasteiger partial charge in [-0.1, -0.05) is 60.7 Å². The number of nitrogens with zero attached hydrogens (tertiary/aromatic N) is 6. The molecule has 32 heteroatoms. The number of hydrogen-bond donors (Lipinski definition) is 4. The maximum absolute atomic E-state index is 14.3. The topological polar surface area (TPSA) is 267 Å². The van der Waals surface area contributed by atoms with E-state index in [-0.39, 0.29) is 123 Å². The van der Waals surface area contributed by atoms with Crippen molar-refractivity contribution in [2.24, 2.45) is 0 Å². The number of allylic oxidation sites excluding steroid dienone is 2. The summed E-state index contributed by atoms with van der Waals surface area (Å²) in [5, 5.41) is 21.7. The Hall–Kier alpha value is -12.2. The molecule has 0 atom stereocenters. The van der Waals surface area contributed by atoms with E-state index in [9.17, 15) is 62.9 Å². The Morgan fingerprint density at radius 2 is 0.930 bits per heavy atom. The summed E-state index contributed by atoms with van der Waals surface area (Å²) in [5.41, 5.74) is 21.2. The van der Waals surface area contributed by atoms with E-state index in [1.54, 1.807) is 130 Å². The number of para-hydroxylation sites is 2. The van der Waals surface area contributed by atoms with Gasteiger partial charge >= 0.3 is 25.4 Å². The number of aromatic nitrogens is 4. The number of alkyl halides is 6. The molecule has 18 rings (SSSR count). The summed E-state index contributed by atoms with van der Waals surface area (Å²) in [6, 6.07) is 44.0. The van der Waals surface area contributed by atoms with Gasteiger partial charge in [-0.05, 0) is 291 Å². The van der Waals surface area contributed by atoms with Gasteiger partial charge in [-0.25, -0.2) is 31.4 Å². The van der Waals surface area contributed by atoms with Gasteiger partial charge in [-0.3, -0.25) is 14.5 Å². The number of rotatable bonds is 22.